The lowest BCUT2D eigenvalue weighted by Gasteiger charge is -2.23. The van der Waals surface area contributed by atoms with E-state index in [0.29, 0.717) is 35.5 Å². The van der Waals surface area contributed by atoms with Crippen LogP contribution < -0.4 is 14.4 Å². The third-order valence-electron chi connectivity index (χ3n) is 5.45. The Hall–Kier alpha value is -2.93. The molecule has 4 rings (SSSR count). The number of amides is 1. The Labute approximate surface area is 186 Å². The molecule has 162 valence electrons. The first-order valence-electron chi connectivity index (χ1n) is 10.3. The summed E-state index contributed by atoms with van der Waals surface area (Å²) < 4.78 is 16.7. The van der Waals surface area contributed by atoms with E-state index in [0.717, 1.165) is 34.0 Å². The maximum absolute atomic E-state index is 13.4. The standard InChI is InChI=1S/C24H26N2O4S/c1-15-11-12-26(20-7-5-6-8-23(20)31-15)24(27)18-9-10-21(22(13-18)28-4)29-14-19-16(2)25-30-17(19)3/h5-10,13,15H,11-12,14H2,1-4H3. The summed E-state index contributed by atoms with van der Waals surface area (Å²) in [5.74, 6) is 1.77. The van der Waals surface area contributed by atoms with E-state index in [2.05, 4.69) is 18.1 Å². The Kier molecular flexibility index (Phi) is 6.23. The molecule has 0 fully saturated rings. The van der Waals surface area contributed by atoms with Crippen LogP contribution in [-0.2, 0) is 6.61 Å². The fourth-order valence-electron chi connectivity index (χ4n) is 3.63. The van der Waals surface area contributed by atoms with Crippen LogP contribution in [0.25, 0.3) is 0 Å². The minimum absolute atomic E-state index is 0.0438. The maximum Gasteiger partial charge on any atom is 0.258 e. The molecule has 0 saturated heterocycles. The molecule has 6 nitrogen and oxygen atoms in total. The Morgan fingerprint density at radius 2 is 2.03 bits per heavy atom. The first kappa shape index (κ1) is 21.3. The topological polar surface area (TPSA) is 64.8 Å². The molecule has 0 N–H and O–H groups in total. The molecule has 1 unspecified atom stereocenters. The lowest BCUT2D eigenvalue weighted by Crippen LogP contribution is -2.32. The number of carbonyl (C=O) groups is 1. The van der Waals surface area contributed by atoms with Crippen molar-refractivity contribution < 1.29 is 18.8 Å². The molecule has 1 aromatic heterocycles. The molecule has 1 aliphatic rings. The van der Waals surface area contributed by atoms with Gasteiger partial charge < -0.3 is 18.9 Å². The van der Waals surface area contributed by atoms with Crippen LogP contribution in [-0.4, -0.2) is 30.0 Å². The van der Waals surface area contributed by atoms with E-state index in [4.69, 9.17) is 14.0 Å². The highest BCUT2D eigenvalue weighted by atomic mass is 32.2. The van der Waals surface area contributed by atoms with Crippen molar-refractivity contribution in [3.05, 3.63) is 65.0 Å². The fraction of sp³-hybridized carbons (Fsp3) is 0.333. The number of nitrogens with zero attached hydrogens (tertiary/aromatic N) is 2. The minimum atomic E-state index is -0.0438. The number of benzene rings is 2. The van der Waals surface area contributed by atoms with Gasteiger partial charge in [0.25, 0.3) is 5.91 Å². The average molecular weight is 439 g/mol. The molecule has 2 heterocycles. The zero-order valence-corrected chi connectivity index (χ0v) is 19.0. The van der Waals surface area contributed by atoms with Gasteiger partial charge in [0.05, 0.1) is 24.1 Å². The quantitative estimate of drug-likeness (QED) is 0.531. The Bertz CT molecular complexity index is 1080. The number of aromatic nitrogens is 1. The first-order valence-corrected chi connectivity index (χ1v) is 11.2. The zero-order chi connectivity index (χ0) is 22.0. The molecule has 0 aliphatic carbocycles. The van der Waals surface area contributed by atoms with Gasteiger partial charge in [0, 0.05) is 22.3 Å². The number of aryl methyl sites for hydroxylation is 2. The summed E-state index contributed by atoms with van der Waals surface area (Å²) in [6.45, 7) is 6.93. The molecule has 0 radical (unpaired) electrons. The summed E-state index contributed by atoms with van der Waals surface area (Å²) in [5.41, 5.74) is 3.24. The highest BCUT2D eigenvalue weighted by Gasteiger charge is 2.25. The molecular weight excluding hydrogens is 412 g/mol. The normalized spacial score (nSPS) is 15.9. The summed E-state index contributed by atoms with van der Waals surface area (Å²) in [6, 6.07) is 13.4. The molecule has 1 atom stereocenters. The second-order valence-electron chi connectivity index (χ2n) is 7.60. The molecule has 3 aromatic rings. The van der Waals surface area contributed by atoms with E-state index < -0.39 is 0 Å². The summed E-state index contributed by atoms with van der Waals surface area (Å²) in [7, 11) is 1.58. The number of hydrogen-bond acceptors (Lipinski definition) is 6. The molecule has 1 aliphatic heterocycles. The molecule has 2 aromatic carbocycles. The van der Waals surface area contributed by atoms with E-state index >= 15 is 0 Å². The molecule has 0 saturated carbocycles. The molecule has 7 heteroatoms. The zero-order valence-electron chi connectivity index (χ0n) is 18.2. The van der Waals surface area contributed by atoms with Crippen molar-refractivity contribution in [2.45, 2.75) is 43.9 Å². The van der Waals surface area contributed by atoms with E-state index in [9.17, 15) is 4.79 Å². The Balaban J connectivity index is 1.58. The number of ether oxygens (including phenoxy) is 2. The first-order chi connectivity index (χ1) is 15.0. The van der Waals surface area contributed by atoms with E-state index in [-0.39, 0.29) is 5.91 Å². The van der Waals surface area contributed by atoms with Crippen LogP contribution >= 0.6 is 11.8 Å². The number of anilines is 1. The summed E-state index contributed by atoms with van der Waals surface area (Å²) in [4.78, 5) is 16.4. The van der Waals surface area contributed by atoms with Crippen LogP contribution in [0.2, 0.25) is 0 Å². The predicted molar refractivity (Wildman–Crippen MR) is 121 cm³/mol. The van der Waals surface area contributed by atoms with Gasteiger partial charge in [-0.2, -0.15) is 0 Å². The van der Waals surface area contributed by atoms with Crippen LogP contribution in [0, 0.1) is 13.8 Å². The molecular formula is C24H26N2O4S. The van der Waals surface area contributed by atoms with Crippen molar-refractivity contribution in [1.82, 2.24) is 5.16 Å². The smallest absolute Gasteiger partial charge is 0.258 e. The predicted octanol–water partition coefficient (Wildman–Crippen LogP) is 5.41. The van der Waals surface area contributed by atoms with Crippen LogP contribution in [0.1, 0.15) is 40.7 Å². The van der Waals surface area contributed by atoms with Crippen molar-refractivity contribution in [2.24, 2.45) is 0 Å². The lowest BCUT2D eigenvalue weighted by molar-refractivity contribution is 0.0986. The number of thioether (sulfide) groups is 1. The van der Waals surface area contributed by atoms with Gasteiger partial charge >= 0.3 is 0 Å². The van der Waals surface area contributed by atoms with Crippen LogP contribution in [0.5, 0.6) is 11.5 Å². The highest BCUT2D eigenvalue weighted by Crippen LogP contribution is 2.38. The van der Waals surface area contributed by atoms with Crippen molar-refractivity contribution >= 4 is 23.4 Å². The minimum Gasteiger partial charge on any atom is -0.493 e. The molecule has 31 heavy (non-hydrogen) atoms. The van der Waals surface area contributed by atoms with Gasteiger partial charge in [0.15, 0.2) is 11.5 Å². The van der Waals surface area contributed by atoms with Crippen molar-refractivity contribution in [3.63, 3.8) is 0 Å². The second-order valence-corrected chi connectivity index (χ2v) is 9.08. The third-order valence-corrected chi connectivity index (χ3v) is 6.69. The van der Waals surface area contributed by atoms with E-state index in [1.54, 1.807) is 25.3 Å². The average Bonchev–Trinajstić information content (AvgIpc) is 2.99. The molecule has 0 spiro atoms. The van der Waals surface area contributed by atoms with Gasteiger partial charge in [-0.3, -0.25) is 4.79 Å². The number of hydrogen-bond donors (Lipinski definition) is 0. The largest absolute Gasteiger partial charge is 0.493 e. The number of fused-ring (bicyclic) bond motifs is 1. The Morgan fingerprint density at radius 3 is 2.77 bits per heavy atom. The lowest BCUT2D eigenvalue weighted by atomic mass is 10.1. The number of methoxy groups -OCH3 is 1. The van der Waals surface area contributed by atoms with Crippen molar-refractivity contribution in [2.75, 3.05) is 18.6 Å². The highest BCUT2D eigenvalue weighted by molar-refractivity contribution is 8.00. The van der Waals surface area contributed by atoms with Gasteiger partial charge in [0.2, 0.25) is 0 Å². The van der Waals surface area contributed by atoms with Gasteiger partial charge in [0.1, 0.15) is 12.4 Å². The number of carbonyl (C=O) groups excluding carboxylic acids is 1. The third kappa shape index (κ3) is 4.42. The fourth-order valence-corrected chi connectivity index (χ4v) is 4.74. The van der Waals surface area contributed by atoms with Crippen molar-refractivity contribution in [3.8, 4) is 11.5 Å². The monoisotopic (exact) mass is 438 g/mol. The van der Waals surface area contributed by atoms with E-state index in [1.807, 2.05) is 48.7 Å². The summed E-state index contributed by atoms with van der Waals surface area (Å²) in [5, 5.41) is 4.41. The number of para-hydroxylation sites is 1. The summed E-state index contributed by atoms with van der Waals surface area (Å²) in [6.07, 6.45) is 0.931. The van der Waals surface area contributed by atoms with Crippen molar-refractivity contribution in [1.29, 1.82) is 0 Å². The van der Waals surface area contributed by atoms with Crippen LogP contribution in [0.15, 0.2) is 51.9 Å². The Morgan fingerprint density at radius 1 is 1.23 bits per heavy atom. The van der Waals surface area contributed by atoms with Crippen LogP contribution in [0.4, 0.5) is 5.69 Å². The van der Waals surface area contributed by atoms with Gasteiger partial charge in [-0.1, -0.05) is 24.2 Å². The van der Waals surface area contributed by atoms with Gasteiger partial charge in [-0.15, -0.1) is 11.8 Å². The SMILES string of the molecule is COc1cc(C(=O)N2CCC(C)Sc3ccccc32)ccc1OCc1c(C)noc1C. The molecule has 1 amide bonds. The maximum atomic E-state index is 13.4. The van der Waals surface area contributed by atoms with Gasteiger partial charge in [-0.05, 0) is 50.6 Å². The molecule has 0 bridgehead atoms. The number of rotatable bonds is 5. The van der Waals surface area contributed by atoms with E-state index in [1.165, 1.54) is 0 Å². The van der Waals surface area contributed by atoms with Gasteiger partial charge in [-0.25, -0.2) is 0 Å². The second kappa shape index (κ2) is 9.06. The summed E-state index contributed by atoms with van der Waals surface area (Å²) >= 11 is 1.82. The van der Waals surface area contributed by atoms with Crippen LogP contribution in [0.3, 0.4) is 0 Å².